The van der Waals surface area contributed by atoms with Gasteiger partial charge in [-0.25, -0.2) is 0 Å². The summed E-state index contributed by atoms with van der Waals surface area (Å²) < 4.78 is 0. The van der Waals surface area contributed by atoms with Crippen LogP contribution in [0.4, 0.5) is 0 Å². The second-order valence-electron chi connectivity index (χ2n) is 9.62. The Kier molecular flexibility index (Phi) is 26.5. The second kappa shape index (κ2) is 27.2. The molecule has 0 aromatic rings. The van der Waals surface area contributed by atoms with Crippen LogP contribution in [0.15, 0.2) is 12.2 Å². The molecule has 0 fully saturated rings. The van der Waals surface area contributed by atoms with Crippen molar-refractivity contribution in [2.24, 2.45) is 0 Å². The molecule has 184 valence electrons. The number of carboxylic acids is 1. The monoisotopic (exact) mass is 436 g/mol. The first-order valence-corrected chi connectivity index (χ1v) is 14.1. The van der Waals surface area contributed by atoms with Gasteiger partial charge in [-0.3, -0.25) is 4.79 Å². The summed E-state index contributed by atoms with van der Waals surface area (Å²) >= 11 is 0. The number of hydrogen-bond acceptors (Lipinski definition) is 1. The topological polar surface area (TPSA) is 37.3 Å². The van der Waals surface area contributed by atoms with Crippen molar-refractivity contribution in [1.82, 2.24) is 0 Å². The maximum atomic E-state index is 10.4. The fourth-order valence-electron chi connectivity index (χ4n) is 4.29. The zero-order valence-corrected chi connectivity index (χ0v) is 21.2. The van der Waals surface area contributed by atoms with E-state index in [0.717, 1.165) is 12.8 Å². The van der Waals surface area contributed by atoms with E-state index in [9.17, 15) is 4.79 Å². The molecule has 0 saturated heterocycles. The van der Waals surface area contributed by atoms with Crippen molar-refractivity contribution < 1.29 is 9.90 Å². The average Bonchev–Trinajstić information content (AvgIpc) is 2.76. The molecule has 0 saturated carbocycles. The molecule has 0 bridgehead atoms. The molecule has 31 heavy (non-hydrogen) atoms. The van der Waals surface area contributed by atoms with Crippen molar-refractivity contribution in [2.45, 2.75) is 167 Å². The van der Waals surface area contributed by atoms with E-state index in [1.807, 2.05) is 0 Å². The third-order valence-corrected chi connectivity index (χ3v) is 6.40. The fraction of sp³-hybridized carbons (Fsp3) is 0.897. The molecule has 0 spiro atoms. The van der Waals surface area contributed by atoms with E-state index in [1.165, 1.54) is 141 Å². The highest BCUT2D eigenvalue weighted by atomic mass is 16.4. The lowest BCUT2D eigenvalue weighted by atomic mass is 10.0. The van der Waals surface area contributed by atoms with Crippen LogP contribution in [0.5, 0.6) is 0 Å². The van der Waals surface area contributed by atoms with Crippen molar-refractivity contribution in [3.8, 4) is 0 Å². The molecular weight excluding hydrogens is 380 g/mol. The van der Waals surface area contributed by atoms with Crippen molar-refractivity contribution >= 4 is 5.97 Å². The second-order valence-corrected chi connectivity index (χ2v) is 9.62. The Labute approximate surface area is 195 Å². The van der Waals surface area contributed by atoms with Crippen LogP contribution >= 0.6 is 0 Å². The van der Waals surface area contributed by atoms with Crippen molar-refractivity contribution in [3.63, 3.8) is 0 Å². The Morgan fingerprint density at radius 3 is 1.10 bits per heavy atom. The summed E-state index contributed by atoms with van der Waals surface area (Å²) in [6, 6.07) is 0. The first-order chi connectivity index (χ1) is 15.3. The van der Waals surface area contributed by atoms with Gasteiger partial charge in [0.25, 0.3) is 0 Å². The van der Waals surface area contributed by atoms with Gasteiger partial charge in [0.05, 0.1) is 0 Å². The molecule has 0 radical (unpaired) electrons. The molecule has 0 heterocycles. The van der Waals surface area contributed by atoms with Gasteiger partial charge in [-0.15, -0.1) is 0 Å². The number of rotatable bonds is 26. The van der Waals surface area contributed by atoms with Gasteiger partial charge in [0.1, 0.15) is 0 Å². The summed E-state index contributed by atoms with van der Waals surface area (Å²) in [4.78, 5) is 10.4. The van der Waals surface area contributed by atoms with Crippen LogP contribution in [0, 0.1) is 0 Å². The molecule has 2 nitrogen and oxygen atoms in total. The highest BCUT2D eigenvalue weighted by molar-refractivity contribution is 5.66. The number of unbranched alkanes of at least 4 members (excludes halogenated alkanes) is 22. The average molecular weight is 437 g/mol. The van der Waals surface area contributed by atoms with Gasteiger partial charge in [0, 0.05) is 6.42 Å². The van der Waals surface area contributed by atoms with Gasteiger partial charge >= 0.3 is 5.97 Å². The first kappa shape index (κ1) is 30.2. The largest absolute Gasteiger partial charge is 0.481 e. The van der Waals surface area contributed by atoms with E-state index in [4.69, 9.17) is 5.11 Å². The van der Waals surface area contributed by atoms with Gasteiger partial charge < -0.3 is 5.11 Å². The van der Waals surface area contributed by atoms with E-state index >= 15 is 0 Å². The zero-order chi connectivity index (χ0) is 22.7. The summed E-state index contributed by atoms with van der Waals surface area (Å²) in [7, 11) is 0. The summed E-state index contributed by atoms with van der Waals surface area (Å²) in [5.41, 5.74) is 0. The van der Waals surface area contributed by atoms with E-state index in [2.05, 4.69) is 19.1 Å². The number of allylic oxidation sites excluding steroid dienone is 2. The van der Waals surface area contributed by atoms with Crippen molar-refractivity contribution in [3.05, 3.63) is 12.2 Å². The van der Waals surface area contributed by atoms with Gasteiger partial charge in [-0.2, -0.15) is 0 Å². The summed E-state index contributed by atoms with van der Waals surface area (Å²) in [5.74, 6) is -0.652. The highest BCUT2D eigenvalue weighted by Crippen LogP contribution is 2.14. The SMILES string of the molecule is CCCCCCCCCCCCC=CCCCCCCCCCCCCCCC(=O)O. The quantitative estimate of drug-likeness (QED) is 0.108. The van der Waals surface area contributed by atoms with Crippen molar-refractivity contribution in [1.29, 1.82) is 0 Å². The van der Waals surface area contributed by atoms with Crippen LogP contribution in [0.3, 0.4) is 0 Å². The van der Waals surface area contributed by atoms with Gasteiger partial charge in [0.15, 0.2) is 0 Å². The predicted octanol–water partition coefficient (Wildman–Crippen LogP) is 10.4. The molecule has 0 aliphatic carbocycles. The Morgan fingerprint density at radius 2 is 0.774 bits per heavy atom. The normalized spacial score (nSPS) is 11.5. The molecule has 0 aromatic carbocycles. The van der Waals surface area contributed by atoms with Crippen LogP contribution in [-0.2, 0) is 4.79 Å². The minimum absolute atomic E-state index is 0.342. The lowest BCUT2D eigenvalue weighted by Gasteiger charge is -2.02. The molecule has 0 atom stereocenters. The molecule has 0 rings (SSSR count). The highest BCUT2D eigenvalue weighted by Gasteiger charge is 1.97. The molecule has 1 N–H and O–H groups in total. The van der Waals surface area contributed by atoms with Gasteiger partial charge in [-0.05, 0) is 32.1 Å². The molecule has 0 aromatic heterocycles. The van der Waals surface area contributed by atoms with E-state index in [1.54, 1.807) is 0 Å². The lowest BCUT2D eigenvalue weighted by molar-refractivity contribution is -0.137. The Morgan fingerprint density at radius 1 is 0.484 bits per heavy atom. The Hall–Kier alpha value is -0.790. The molecule has 0 amide bonds. The summed E-state index contributed by atoms with van der Waals surface area (Å²) in [6.07, 6.45) is 37.5. The maximum Gasteiger partial charge on any atom is 0.303 e. The Bertz CT molecular complexity index is 375. The van der Waals surface area contributed by atoms with Crippen LogP contribution in [0.1, 0.15) is 167 Å². The number of carbonyl (C=O) groups is 1. The van der Waals surface area contributed by atoms with Crippen molar-refractivity contribution in [2.75, 3.05) is 0 Å². The predicted molar refractivity (Wildman–Crippen MR) is 138 cm³/mol. The minimum Gasteiger partial charge on any atom is -0.481 e. The maximum absolute atomic E-state index is 10.4. The standard InChI is InChI=1S/C29H56O2/c1-2-3-4-5-6-7-8-9-10-11-12-13-14-15-16-17-18-19-20-21-22-23-24-25-26-27-28-29(30)31/h13-14H,2-12,15-28H2,1H3,(H,30,31). The van der Waals surface area contributed by atoms with Crippen LogP contribution in [0.25, 0.3) is 0 Å². The van der Waals surface area contributed by atoms with Crippen LogP contribution < -0.4 is 0 Å². The smallest absolute Gasteiger partial charge is 0.303 e. The molecular formula is C29H56O2. The first-order valence-electron chi connectivity index (χ1n) is 14.1. The third-order valence-electron chi connectivity index (χ3n) is 6.40. The summed E-state index contributed by atoms with van der Waals surface area (Å²) in [6.45, 7) is 2.29. The molecule has 0 aliphatic rings. The fourth-order valence-corrected chi connectivity index (χ4v) is 4.29. The van der Waals surface area contributed by atoms with E-state index in [-0.39, 0.29) is 0 Å². The van der Waals surface area contributed by atoms with Gasteiger partial charge in [-0.1, -0.05) is 141 Å². The van der Waals surface area contributed by atoms with E-state index in [0.29, 0.717) is 6.42 Å². The van der Waals surface area contributed by atoms with E-state index < -0.39 is 5.97 Å². The number of carboxylic acid groups (broad SMARTS) is 1. The zero-order valence-electron chi connectivity index (χ0n) is 21.2. The molecule has 2 heteroatoms. The number of aliphatic carboxylic acids is 1. The Balaban J connectivity index is 3.08. The molecule has 0 aliphatic heterocycles. The third kappa shape index (κ3) is 29.2. The van der Waals surface area contributed by atoms with Crippen LogP contribution in [-0.4, -0.2) is 11.1 Å². The molecule has 0 unspecified atom stereocenters. The summed E-state index contributed by atoms with van der Waals surface area (Å²) in [5, 5.41) is 8.60. The lowest BCUT2D eigenvalue weighted by Crippen LogP contribution is -1.93. The number of hydrogen-bond donors (Lipinski definition) is 1. The van der Waals surface area contributed by atoms with Gasteiger partial charge in [0.2, 0.25) is 0 Å². The minimum atomic E-state index is -0.652. The van der Waals surface area contributed by atoms with Crippen LogP contribution in [0.2, 0.25) is 0 Å².